The van der Waals surface area contributed by atoms with Gasteiger partial charge in [-0.25, -0.2) is 15.8 Å². The number of aromatic nitrogens is 2. The second-order valence-electron chi connectivity index (χ2n) is 3.66. The molecular weight excluding hydrogens is 222 g/mol. The molecule has 1 aromatic rings. The molecule has 0 fully saturated rings. The Labute approximate surface area is 101 Å². The van der Waals surface area contributed by atoms with Crippen LogP contribution in [-0.4, -0.2) is 41.3 Å². The van der Waals surface area contributed by atoms with E-state index in [1.165, 1.54) is 0 Å². The summed E-state index contributed by atoms with van der Waals surface area (Å²) in [4.78, 5) is 10.8. The van der Waals surface area contributed by atoms with Gasteiger partial charge < -0.3 is 10.3 Å². The predicted octanol–water partition coefficient (Wildman–Crippen LogP) is 0.978. The first-order valence-corrected chi connectivity index (χ1v) is 6.26. The lowest BCUT2D eigenvalue weighted by atomic mass is 10.4. The molecule has 0 aromatic carbocycles. The summed E-state index contributed by atoms with van der Waals surface area (Å²) in [6.07, 6.45) is 0.816. The summed E-state index contributed by atoms with van der Waals surface area (Å²) in [6, 6.07) is 1.87. The van der Waals surface area contributed by atoms with Crippen LogP contribution in [0.4, 0.5) is 5.82 Å². The number of hydrogen-bond acceptors (Lipinski definition) is 6. The lowest BCUT2D eigenvalue weighted by molar-refractivity contribution is 0.437. The fourth-order valence-corrected chi connectivity index (χ4v) is 2.14. The molecule has 3 N–H and O–H groups in total. The van der Waals surface area contributed by atoms with Crippen molar-refractivity contribution in [3.8, 4) is 0 Å². The first kappa shape index (κ1) is 13.2. The highest BCUT2D eigenvalue weighted by atomic mass is 32.2. The molecule has 1 rings (SSSR count). The molecule has 0 aliphatic heterocycles. The number of hydrazine groups is 1. The molecule has 6 heteroatoms. The third kappa shape index (κ3) is 4.34. The molecule has 16 heavy (non-hydrogen) atoms. The highest BCUT2D eigenvalue weighted by molar-refractivity contribution is 7.99. The van der Waals surface area contributed by atoms with E-state index in [1.807, 2.05) is 13.0 Å². The minimum atomic E-state index is 0.680. The quantitative estimate of drug-likeness (QED) is 0.335. The van der Waals surface area contributed by atoms with Crippen molar-refractivity contribution in [3.05, 3.63) is 11.9 Å². The van der Waals surface area contributed by atoms with Gasteiger partial charge in [0.05, 0.1) is 0 Å². The number of nitrogens with zero attached hydrogens (tertiary/aromatic N) is 3. The zero-order valence-corrected chi connectivity index (χ0v) is 10.8. The van der Waals surface area contributed by atoms with Gasteiger partial charge in [0, 0.05) is 24.8 Å². The molecule has 0 saturated carbocycles. The number of nitrogens with two attached hydrogens (primary N) is 1. The molecule has 0 radical (unpaired) electrons. The van der Waals surface area contributed by atoms with Crippen LogP contribution in [0.2, 0.25) is 0 Å². The molecule has 0 atom stereocenters. The standard InChI is InChI=1S/C10H19N5S/c1-4-8-12-9(14-11)7-10(13-8)16-6-5-15(2)3/h7H,4-6,11H2,1-3H3,(H,12,13,14). The predicted molar refractivity (Wildman–Crippen MR) is 68.5 cm³/mol. The van der Waals surface area contributed by atoms with E-state index in [4.69, 9.17) is 5.84 Å². The van der Waals surface area contributed by atoms with Crippen molar-refractivity contribution in [1.82, 2.24) is 14.9 Å². The van der Waals surface area contributed by atoms with Crippen molar-refractivity contribution in [2.24, 2.45) is 5.84 Å². The van der Waals surface area contributed by atoms with Crippen molar-refractivity contribution < 1.29 is 0 Å². The third-order valence-corrected chi connectivity index (χ3v) is 2.89. The molecule has 0 spiro atoms. The van der Waals surface area contributed by atoms with E-state index in [1.54, 1.807) is 11.8 Å². The summed E-state index contributed by atoms with van der Waals surface area (Å²) >= 11 is 1.72. The number of rotatable bonds is 6. The Kier molecular flexibility index (Phi) is 5.51. The van der Waals surface area contributed by atoms with Crippen LogP contribution in [0.3, 0.4) is 0 Å². The molecule has 0 aliphatic rings. The van der Waals surface area contributed by atoms with Crippen molar-refractivity contribution in [2.75, 3.05) is 31.8 Å². The smallest absolute Gasteiger partial charge is 0.144 e. The van der Waals surface area contributed by atoms with E-state index in [9.17, 15) is 0 Å². The van der Waals surface area contributed by atoms with Crippen LogP contribution in [0.15, 0.2) is 11.1 Å². The molecule has 0 saturated heterocycles. The minimum absolute atomic E-state index is 0.680. The van der Waals surface area contributed by atoms with Gasteiger partial charge in [0.25, 0.3) is 0 Å². The number of hydrogen-bond donors (Lipinski definition) is 2. The summed E-state index contributed by atoms with van der Waals surface area (Å²) in [5.41, 5.74) is 2.57. The van der Waals surface area contributed by atoms with Crippen LogP contribution in [0.5, 0.6) is 0 Å². The van der Waals surface area contributed by atoms with Gasteiger partial charge in [-0.3, -0.25) is 0 Å². The summed E-state index contributed by atoms with van der Waals surface area (Å²) in [6.45, 7) is 3.06. The first-order chi connectivity index (χ1) is 7.65. The van der Waals surface area contributed by atoms with E-state index in [-0.39, 0.29) is 0 Å². The molecule has 1 aromatic heterocycles. The van der Waals surface area contributed by atoms with Crippen LogP contribution in [0.25, 0.3) is 0 Å². The minimum Gasteiger partial charge on any atom is -0.309 e. The van der Waals surface area contributed by atoms with Gasteiger partial charge in [-0.15, -0.1) is 11.8 Å². The van der Waals surface area contributed by atoms with Gasteiger partial charge in [-0.05, 0) is 14.1 Å². The van der Waals surface area contributed by atoms with Gasteiger partial charge >= 0.3 is 0 Å². The van der Waals surface area contributed by atoms with E-state index < -0.39 is 0 Å². The van der Waals surface area contributed by atoms with Gasteiger partial charge in [-0.2, -0.15) is 0 Å². The van der Waals surface area contributed by atoms with Crippen molar-refractivity contribution in [2.45, 2.75) is 18.4 Å². The molecule has 90 valence electrons. The van der Waals surface area contributed by atoms with Gasteiger partial charge in [0.2, 0.25) is 0 Å². The average molecular weight is 241 g/mol. The second kappa shape index (κ2) is 6.67. The maximum absolute atomic E-state index is 5.36. The monoisotopic (exact) mass is 241 g/mol. The Morgan fingerprint density at radius 1 is 1.44 bits per heavy atom. The Hall–Kier alpha value is -0.850. The van der Waals surface area contributed by atoms with E-state index in [2.05, 4.69) is 34.4 Å². The van der Waals surface area contributed by atoms with Crippen LogP contribution < -0.4 is 11.3 Å². The summed E-state index contributed by atoms with van der Waals surface area (Å²) < 4.78 is 0. The topological polar surface area (TPSA) is 67.1 Å². The normalized spacial score (nSPS) is 10.8. The molecule has 0 aliphatic carbocycles. The van der Waals surface area contributed by atoms with Crippen molar-refractivity contribution >= 4 is 17.6 Å². The van der Waals surface area contributed by atoms with Crippen LogP contribution in [-0.2, 0) is 6.42 Å². The lowest BCUT2D eigenvalue weighted by Gasteiger charge is -2.09. The van der Waals surface area contributed by atoms with Crippen LogP contribution in [0.1, 0.15) is 12.7 Å². The molecule has 5 nitrogen and oxygen atoms in total. The zero-order chi connectivity index (χ0) is 12.0. The zero-order valence-electron chi connectivity index (χ0n) is 10.0. The maximum atomic E-state index is 5.36. The Morgan fingerprint density at radius 3 is 2.75 bits per heavy atom. The molecule has 0 bridgehead atoms. The van der Waals surface area contributed by atoms with Gasteiger partial charge in [0.15, 0.2) is 0 Å². The van der Waals surface area contributed by atoms with Crippen LogP contribution in [0, 0.1) is 0 Å². The Morgan fingerprint density at radius 2 is 2.19 bits per heavy atom. The summed E-state index contributed by atoms with van der Waals surface area (Å²) in [5, 5.41) is 0.974. The number of anilines is 1. The largest absolute Gasteiger partial charge is 0.309 e. The molecule has 0 amide bonds. The van der Waals surface area contributed by atoms with Gasteiger partial charge in [0.1, 0.15) is 16.7 Å². The van der Waals surface area contributed by atoms with E-state index in [0.29, 0.717) is 5.82 Å². The average Bonchev–Trinajstić information content (AvgIpc) is 2.28. The highest BCUT2D eigenvalue weighted by Crippen LogP contribution is 2.18. The van der Waals surface area contributed by atoms with E-state index in [0.717, 1.165) is 29.6 Å². The van der Waals surface area contributed by atoms with Crippen LogP contribution >= 0.6 is 11.8 Å². The Balaban J connectivity index is 2.64. The number of aryl methyl sites for hydroxylation is 1. The first-order valence-electron chi connectivity index (χ1n) is 5.27. The SMILES string of the molecule is CCc1nc(NN)cc(SCCN(C)C)n1. The fraction of sp³-hybridized carbons (Fsp3) is 0.600. The molecule has 1 heterocycles. The number of nitrogens with one attached hydrogen (secondary N) is 1. The summed E-state index contributed by atoms with van der Waals surface area (Å²) in [5.74, 6) is 7.87. The van der Waals surface area contributed by atoms with E-state index >= 15 is 0 Å². The molecular formula is C10H19N5S. The fourth-order valence-electron chi connectivity index (χ4n) is 1.11. The van der Waals surface area contributed by atoms with Crippen molar-refractivity contribution in [1.29, 1.82) is 0 Å². The maximum Gasteiger partial charge on any atom is 0.144 e. The third-order valence-electron chi connectivity index (χ3n) is 2.00. The highest BCUT2D eigenvalue weighted by Gasteiger charge is 2.03. The second-order valence-corrected chi connectivity index (χ2v) is 4.77. The lowest BCUT2D eigenvalue weighted by Crippen LogP contribution is -2.15. The summed E-state index contributed by atoms with van der Waals surface area (Å²) in [7, 11) is 4.12. The van der Waals surface area contributed by atoms with Crippen molar-refractivity contribution in [3.63, 3.8) is 0 Å². The van der Waals surface area contributed by atoms with Gasteiger partial charge in [-0.1, -0.05) is 6.92 Å². The number of thioether (sulfide) groups is 1. The Bertz CT molecular complexity index is 307. The number of nitrogen functional groups attached to an aromatic ring is 1. The molecule has 0 unspecified atom stereocenters.